The summed E-state index contributed by atoms with van der Waals surface area (Å²) in [5.74, 6) is 0.0854. The third kappa shape index (κ3) is 4.04. The molecular formula is C28H25NO. The van der Waals surface area contributed by atoms with Gasteiger partial charge in [-0.05, 0) is 41.8 Å². The highest BCUT2D eigenvalue weighted by Gasteiger charge is 2.28. The van der Waals surface area contributed by atoms with Gasteiger partial charge in [0.15, 0.2) is 0 Å². The summed E-state index contributed by atoms with van der Waals surface area (Å²) in [6.07, 6.45) is 10.5. The lowest BCUT2D eigenvalue weighted by Gasteiger charge is -2.25. The highest BCUT2D eigenvalue weighted by Crippen LogP contribution is 2.40. The summed E-state index contributed by atoms with van der Waals surface area (Å²) >= 11 is 0. The third-order valence-corrected chi connectivity index (χ3v) is 5.37. The van der Waals surface area contributed by atoms with Gasteiger partial charge in [-0.3, -0.25) is 4.79 Å². The molecule has 3 aromatic carbocycles. The highest BCUT2D eigenvalue weighted by atomic mass is 16.2. The molecule has 2 heteroatoms. The fourth-order valence-corrected chi connectivity index (χ4v) is 3.96. The first-order valence-electron chi connectivity index (χ1n) is 10.3. The number of carbonyl (C=O) groups is 1. The fourth-order valence-electron chi connectivity index (χ4n) is 3.96. The second-order valence-corrected chi connectivity index (χ2v) is 7.27. The van der Waals surface area contributed by atoms with E-state index in [1.54, 1.807) is 0 Å². The number of carbonyl (C=O) groups excluding carboxylic acids is 1. The standard InChI is InChI=1S/C28H25NO/c1-2-3-6-13-23-20-21-29(28(30)24-16-9-5-10-17-24)26-19-12-11-18-25(26)27(23)22-14-7-4-8-15-22/h2-20,27H,21H2,1H3/b3-2-,13-6-. The van der Waals surface area contributed by atoms with Gasteiger partial charge in [0, 0.05) is 23.7 Å². The molecule has 0 spiro atoms. The molecule has 0 aromatic heterocycles. The molecule has 0 bridgehead atoms. The monoisotopic (exact) mass is 391 g/mol. The summed E-state index contributed by atoms with van der Waals surface area (Å²) in [7, 11) is 0. The van der Waals surface area contributed by atoms with Crippen LogP contribution < -0.4 is 4.90 Å². The fraction of sp³-hybridized carbons (Fsp3) is 0.107. The van der Waals surface area contributed by atoms with E-state index >= 15 is 0 Å². The minimum absolute atomic E-state index is 0.0183. The SMILES string of the molecule is C/C=C\C=C/C1=CCN(C(=O)c2ccccc2)c2ccccc2C1c1ccccc1. The molecule has 0 fully saturated rings. The minimum Gasteiger partial charge on any atom is -0.304 e. The van der Waals surface area contributed by atoms with Crippen molar-refractivity contribution in [3.8, 4) is 0 Å². The smallest absolute Gasteiger partial charge is 0.258 e. The molecule has 0 aliphatic carbocycles. The van der Waals surface area contributed by atoms with Crippen LogP contribution in [-0.2, 0) is 0 Å². The second-order valence-electron chi connectivity index (χ2n) is 7.27. The molecule has 0 saturated carbocycles. The summed E-state index contributed by atoms with van der Waals surface area (Å²) in [6.45, 7) is 2.54. The van der Waals surface area contributed by atoms with Crippen molar-refractivity contribution in [3.05, 3.63) is 138 Å². The summed E-state index contributed by atoms with van der Waals surface area (Å²) in [5.41, 5.74) is 5.21. The normalized spacial score (nSPS) is 16.4. The molecule has 4 rings (SSSR count). The molecule has 3 aromatic rings. The summed E-state index contributed by atoms with van der Waals surface area (Å²) in [5, 5.41) is 0. The average Bonchev–Trinajstić information content (AvgIpc) is 2.97. The van der Waals surface area contributed by atoms with Gasteiger partial charge in [-0.15, -0.1) is 0 Å². The molecule has 1 atom stereocenters. The number of rotatable bonds is 4. The van der Waals surface area contributed by atoms with Crippen LogP contribution in [0, 0.1) is 0 Å². The Hall–Kier alpha value is -3.65. The number of benzene rings is 3. The van der Waals surface area contributed by atoms with Crippen molar-refractivity contribution in [3.63, 3.8) is 0 Å². The van der Waals surface area contributed by atoms with Gasteiger partial charge < -0.3 is 4.90 Å². The van der Waals surface area contributed by atoms with Crippen molar-refractivity contribution >= 4 is 11.6 Å². The Kier molecular flexibility index (Phi) is 6.05. The Morgan fingerprint density at radius 1 is 0.867 bits per heavy atom. The molecule has 1 unspecified atom stereocenters. The van der Waals surface area contributed by atoms with Crippen LogP contribution >= 0.6 is 0 Å². The molecule has 0 saturated heterocycles. The van der Waals surface area contributed by atoms with Crippen molar-refractivity contribution < 1.29 is 4.79 Å². The molecule has 2 nitrogen and oxygen atoms in total. The van der Waals surface area contributed by atoms with Crippen LogP contribution in [0.3, 0.4) is 0 Å². The van der Waals surface area contributed by atoms with Gasteiger partial charge in [0.05, 0.1) is 0 Å². The van der Waals surface area contributed by atoms with Gasteiger partial charge in [0.2, 0.25) is 0 Å². The number of hydrogen-bond donors (Lipinski definition) is 0. The van der Waals surface area contributed by atoms with Gasteiger partial charge in [0.1, 0.15) is 0 Å². The Bertz CT molecular complexity index is 1090. The predicted octanol–water partition coefficient (Wildman–Crippen LogP) is 6.54. The Morgan fingerprint density at radius 2 is 1.53 bits per heavy atom. The zero-order valence-corrected chi connectivity index (χ0v) is 17.1. The van der Waals surface area contributed by atoms with E-state index in [9.17, 15) is 4.79 Å². The summed E-state index contributed by atoms with van der Waals surface area (Å²) in [4.78, 5) is 15.3. The van der Waals surface area contributed by atoms with Gasteiger partial charge in [-0.1, -0.05) is 97.1 Å². The number of hydrogen-bond acceptors (Lipinski definition) is 1. The zero-order chi connectivity index (χ0) is 20.8. The van der Waals surface area contributed by atoms with E-state index in [1.165, 1.54) is 11.1 Å². The van der Waals surface area contributed by atoms with E-state index in [0.717, 1.165) is 11.3 Å². The van der Waals surface area contributed by atoms with E-state index < -0.39 is 0 Å². The van der Waals surface area contributed by atoms with E-state index in [-0.39, 0.29) is 11.8 Å². The van der Waals surface area contributed by atoms with E-state index in [2.05, 4.69) is 60.7 Å². The summed E-state index contributed by atoms with van der Waals surface area (Å²) < 4.78 is 0. The van der Waals surface area contributed by atoms with Gasteiger partial charge in [-0.2, -0.15) is 0 Å². The predicted molar refractivity (Wildman–Crippen MR) is 125 cm³/mol. The van der Waals surface area contributed by atoms with Crippen LogP contribution in [0.25, 0.3) is 0 Å². The Labute approximate surface area is 178 Å². The lowest BCUT2D eigenvalue weighted by molar-refractivity contribution is 0.0989. The molecule has 1 aliphatic heterocycles. The van der Waals surface area contributed by atoms with Crippen LogP contribution in [0.1, 0.15) is 34.3 Å². The first-order chi connectivity index (χ1) is 14.8. The first kappa shape index (κ1) is 19.7. The first-order valence-corrected chi connectivity index (χ1v) is 10.3. The summed E-state index contributed by atoms with van der Waals surface area (Å²) in [6, 6.07) is 28.3. The van der Waals surface area contributed by atoms with E-state index in [0.29, 0.717) is 12.1 Å². The van der Waals surface area contributed by atoms with Crippen molar-refractivity contribution in [2.45, 2.75) is 12.8 Å². The minimum atomic E-state index is 0.0183. The third-order valence-electron chi connectivity index (χ3n) is 5.37. The van der Waals surface area contributed by atoms with Crippen molar-refractivity contribution in [2.75, 3.05) is 11.4 Å². The van der Waals surface area contributed by atoms with Gasteiger partial charge >= 0.3 is 0 Å². The van der Waals surface area contributed by atoms with Crippen molar-refractivity contribution in [1.29, 1.82) is 0 Å². The number of para-hydroxylation sites is 1. The maximum atomic E-state index is 13.4. The van der Waals surface area contributed by atoms with Crippen molar-refractivity contribution in [1.82, 2.24) is 0 Å². The average molecular weight is 392 g/mol. The lowest BCUT2D eigenvalue weighted by Crippen LogP contribution is -2.31. The van der Waals surface area contributed by atoms with Crippen LogP contribution in [0.2, 0.25) is 0 Å². The number of nitrogens with zero attached hydrogens (tertiary/aromatic N) is 1. The number of fused-ring (bicyclic) bond motifs is 1. The molecule has 1 aliphatic rings. The van der Waals surface area contributed by atoms with Gasteiger partial charge in [0.25, 0.3) is 5.91 Å². The van der Waals surface area contributed by atoms with Gasteiger partial charge in [-0.25, -0.2) is 0 Å². The Balaban J connectivity index is 1.86. The van der Waals surface area contributed by atoms with E-state index in [1.807, 2.05) is 66.4 Å². The molecule has 0 radical (unpaired) electrons. The molecule has 0 N–H and O–H groups in total. The van der Waals surface area contributed by atoms with Crippen molar-refractivity contribution in [2.24, 2.45) is 0 Å². The van der Waals surface area contributed by atoms with E-state index in [4.69, 9.17) is 0 Å². The highest BCUT2D eigenvalue weighted by molar-refractivity contribution is 6.07. The number of amides is 1. The molecule has 1 amide bonds. The van der Waals surface area contributed by atoms with Crippen LogP contribution in [0.4, 0.5) is 5.69 Å². The lowest BCUT2D eigenvalue weighted by atomic mass is 9.84. The molecule has 30 heavy (non-hydrogen) atoms. The van der Waals surface area contributed by atoms with Crippen LogP contribution in [0.5, 0.6) is 0 Å². The quantitative estimate of drug-likeness (QED) is 0.463. The maximum absolute atomic E-state index is 13.4. The largest absolute Gasteiger partial charge is 0.304 e. The molecular weight excluding hydrogens is 366 g/mol. The maximum Gasteiger partial charge on any atom is 0.258 e. The number of allylic oxidation sites excluding steroid dienone is 5. The second kappa shape index (κ2) is 9.23. The topological polar surface area (TPSA) is 20.3 Å². The molecule has 148 valence electrons. The molecule has 1 heterocycles. The number of anilines is 1. The van der Waals surface area contributed by atoms with Crippen LogP contribution in [-0.4, -0.2) is 12.5 Å². The zero-order valence-electron chi connectivity index (χ0n) is 17.1. The Morgan fingerprint density at radius 3 is 2.27 bits per heavy atom. The van der Waals surface area contributed by atoms with Crippen LogP contribution in [0.15, 0.2) is 121 Å².